The van der Waals surface area contributed by atoms with Crippen molar-refractivity contribution in [2.24, 2.45) is 0 Å². The number of aryl methyl sites for hydroxylation is 1. The standard InChI is InChI=1S/C31H31N7O/c1-2-3-10-29-32-20-28(31(39)37-17-7-18-37)38(29)21-22-11-13-24(14-12-22)27-19-25(23-8-5-4-6-9-23)15-16-26(27)30-33-35-36-34-30/h4-6,8-9,11-16,19-20H,2-3,7,10,17-18,21H2,1H3,(H,33,34,35,36). The van der Waals surface area contributed by atoms with Gasteiger partial charge in [0.1, 0.15) is 11.5 Å². The molecule has 1 aliphatic heterocycles. The summed E-state index contributed by atoms with van der Waals surface area (Å²) in [6.45, 7) is 4.44. The summed E-state index contributed by atoms with van der Waals surface area (Å²) in [4.78, 5) is 19.7. The number of nitrogens with one attached hydrogen (secondary N) is 1. The van der Waals surface area contributed by atoms with Crippen molar-refractivity contribution in [1.29, 1.82) is 0 Å². The van der Waals surface area contributed by atoms with Gasteiger partial charge in [-0.05, 0) is 58.0 Å². The maximum atomic E-state index is 13.1. The van der Waals surface area contributed by atoms with Crippen molar-refractivity contribution in [2.75, 3.05) is 13.1 Å². The van der Waals surface area contributed by atoms with E-state index in [1.165, 1.54) is 0 Å². The van der Waals surface area contributed by atoms with E-state index in [2.05, 4.69) is 91.7 Å². The van der Waals surface area contributed by atoms with Gasteiger partial charge >= 0.3 is 0 Å². The van der Waals surface area contributed by atoms with Crippen LogP contribution in [0.25, 0.3) is 33.6 Å². The van der Waals surface area contributed by atoms with Crippen molar-refractivity contribution in [2.45, 2.75) is 39.2 Å². The van der Waals surface area contributed by atoms with Crippen LogP contribution < -0.4 is 0 Å². The highest BCUT2D eigenvalue weighted by atomic mass is 16.2. The van der Waals surface area contributed by atoms with E-state index >= 15 is 0 Å². The first-order valence-corrected chi connectivity index (χ1v) is 13.6. The summed E-state index contributed by atoms with van der Waals surface area (Å²) in [5, 5.41) is 14.8. The van der Waals surface area contributed by atoms with Gasteiger partial charge in [0.15, 0.2) is 0 Å². The van der Waals surface area contributed by atoms with Gasteiger partial charge in [-0.25, -0.2) is 4.98 Å². The van der Waals surface area contributed by atoms with E-state index in [0.29, 0.717) is 18.1 Å². The van der Waals surface area contributed by atoms with Gasteiger partial charge in [-0.2, -0.15) is 5.21 Å². The number of hydrogen-bond acceptors (Lipinski definition) is 5. The quantitative estimate of drug-likeness (QED) is 0.273. The monoisotopic (exact) mass is 517 g/mol. The highest BCUT2D eigenvalue weighted by Gasteiger charge is 2.26. The molecular weight excluding hydrogens is 486 g/mol. The van der Waals surface area contributed by atoms with Crippen LogP contribution >= 0.6 is 0 Å². The third-order valence-corrected chi connectivity index (χ3v) is 7.37. The number of benzene rings is 3. The minimum atomic E-state index is 0.0793. The number of carbonyl (C=O) groups excluding carboxylic acids is 1. The molecule has 8 nitrogen and oxygen atoms in total. The van der Waals surface area contributed by atoms with Gasteiger partial charge in [-0.3, -0.25) is 4.79 Å². The number of H-pyrrole nitrogens is 1. The Balaban J connectivity index is 1.33. The summed E-state index contributed by atoms with van der Waals surface area (Å²) in [5.41, 5.74) is 7.07. The Morgan fingerprint density at radius 3 is 2.41 bits per heavy atom. The molecule has 0 saturated carbocycles. The fraction of sp³-hybridized carbons (Fsp3) is 0.258. The Morgan fingerprint density at radius 2 is 1.72 bits per heavy atom. The van der Waals surface area contributed by atoms with Crippen LogP contribution in [-0.2, 0) is 13.0 Å². The van der Waals surface area contributed by atoms with Gasteiger partial charge < -0.3 is 9.47 Å². The second-order valence-corrected chi connectivity index (χ2v) is 9.95. The molecule has 0 atom stereocenters. The van der Waals surface area contributed by atoms with E-state index in [9.17, 15) is 4.79 Å². The fourth-order valence-electron chi connectivity index (χ4n) is 5.01. The van der Waals surface area contributed by atoms with E-state index in [-0.39, 0.29) is 5.91 Å². The Labute approximate surface area is 227 Å². The van der Waals surface area contributed by atoms with E-state index in [0.717, 1.165) is 78.0 Å². The Morgan fingerprint density at radius 1 is 0.923 bits per heavy atom. The minimum Gasteiger partial charge on any atom is -0.337 e. The number of rotatable bonds is 9. The zero-order valence-corrected chi connectivity index (χ0v) is 22.0. The molecule has 0 radical (unpaired) electrons. The summed E-state index contributed by atoms with van der Waals surface area (Å²) in [7, 11) is 0. The first kappa shape index (κ1) is 24.7. The molecule has 8 heteroatoms. The minimum absolute atomic E-state index is 0.0793. The predicted molar refractivity (Wildman–Crippen MR) is 151 cm³/mol. The molecule has 1 fully saturated rings. The van der Waals surface area contributed by atoms with Crippen molar-refractivity contribution >= 4 is 5.91 Å². The topological polar surface area (TPSA) is 92.6 Å². The SMILES string of the molecule is CCCCc1ncc(C(=O)N2CCC2)n1Cc1ccc(-c2cc(-c3ccccc3)ccc2-c2nn[nH]n2)cc1. The average Bonchev–Trinajstić information content (AvgIpc) is 3.62. The number of aromatic nitrogens is 6. The molecule has 0 unspecified atom stereocenters. The molecule has 3 aromatic carbocycles. The van der Waals surface area contributed by atoms with Gasteiger partial charge in [0.25, 0.3) is 5.91 Å². The maximum absolute atomic E-state index is 13.1. The smallest absolute Gasteiger partial charge is 0.272 e. The van der Waals surface area contributed by atoms with E-state index in [1.54, 1.807) is 6.20 Å². The number of amides is 1. The molecule has 6 rings (SSSR count). The van der Waals surface area contributed by atoms with Crippen LogP contribution in [0.4, 0.5) is 0 Å². The molecule has 0 aliphatic carbocycles. The lowest BCUT2D eigenvalue weighted by molar-refractivity contribution is 0.0640. The van der Waals surface area contributed by atoms with Gasteiger partial charge in [-0.1, -0.05) is 74.0 Å². The summed E-state index contributed by atoms with van der Waals surface area (Å²) in [5.74, 6) is 1.61. The zero-order chi connectivity index (χ0) is 26.6. The number of aromatic amines is 1. The molecular formula is C31H31N7O. The zero-order valence-electron chi connectivity index (χ0n) is 22.0. The number of hydrogen-bond donors (Lipinski definition) is 1. The van der Waals surface area contributed by atoms with Crippen molar-refractivity contribution in [1.82, 2.24) is 35.1 Å². The highest BCUT2D eigenvalue weighted by molar-refractivity contribution is 5.93. The molecule has 2 aromatic heterocycles. The number of carbonyl (C=O) groups is 1. The van der Waals surface area contributed by atoms with Crippen LogP contribution in [0, 0.1) is 0 Å². The van der Waals surface area contributed by atoms with Crippen LogP contribution in [-0.4, -0.2) is 54.1 Å². The van der Waals surface area contributed by atoms with E-state index < -0.39 is 0 Å². The lowest BCUT2D eigenvalue weighted by atomic mass is 9.93. The van der Waals surface area contributed by atoms with Crippen molar-refractivity contribution < 1.29 is 4.79 Å². The molecule has 196 valence electrons. The lowest BCUT2D eigenvalue weighted by Gasteiger charge is -2.31. The molecule has 5 aromatic rings. The molecule has 0 bridgehead atoms. The van der Waals surface area contributed by atoms with Crippen molar-refractivity contribution in [3.8, 4) is 33.6 Å². The van der Waals surface area contributed by atoms with Gasteiger partial charge in [0, 0.05) is 31.6 Å². The largest absolute Gasteiger partial charge is 0.337 e. The van der Waals surface area contributed by atoms with Gasteiger partial charge in [-0.15, -0.1) is 10.2 Å². The Kier molecular flexibility index (Phi) is 6.99. The Hall–Kier alpha value is -4.59. The van der Waals surface area contributed by atoms with Crippen LogP contribution in [0.15, 0.2) is 79.0 Å². The van der Waals surface area contributed by atoms with Crippen molar-refractivity contribution in [3.05, 3.63) is 96.1 Å². The normalized spacial score (nSPS) is 12.9. The third kappa shape index (κ3) is 5.10. The highest BCUT2D eigenvalue weighted by Crippen LogP contribution is 2.34. The lowest BCUT2D eigenvalue weighted by Crippen LogP contribution is -2.42. The van der Waals surface area contributed by atoms with Gasteiger partial charge in [0.05, 0.1) is 6.20 Å². The number of nitrogens with zero attached hydrogens (tertiary/aromatic N) is 6. The van der Waals surface area contributed by atoms with Crippen LogP contribution in [0.3, 0.4) is 0 Å². The van der Waals surface area contributed by atoms with Crippen LogP contribution in [0.5, 0.6) is 0 Å². The van der Waals surface area contributed by atoms with Gasteiger partial charge in [0.2, 0.25) is 5.82 Å². The van der Waals surface area contributed by atoms with Crippen molar-refractivity contribution in [3.63, 3.8) is 0 Å². The summed E-state index contributed by atoms with van der Waals surface area (Å²) in [6.07, 6.45) is 5.82. The second kappa shape index (κ2) is 11.0. The van der Waals surface area contributed by atoms with E-state index in [4.69, 9.17) is 0 Å². The summed E-state index contributed by atoms with van der Waals surface area (Å²) in [6, 6.07) is 25.2. The molecule has 1 saturated heterocycles. The van der Waals surface area contributed by atoms with Crippen LogP contribution in [0.1, 0.15) is 48.1 Å². The molecule has 1 aliphatic rings. The predicted octanol–water partition coefficient (Wildman–Crippen LogP) is 5.63. The average molecular weight is 518 g/mol. The number of unbranched alkanes of at least 4 members (excludes halogenated alkanes) is 1. The summed E-state index contributed by atoms with van der Waals surface area (Å²) < 4.78 is 2.10. The molecule has 3 heterocycles. The molecule has 1 amide bonds. The number of imidazole rings is 1. The molecule has 1 N–H and O–H groups in total. The number of tetrazole rings is 1. The first-order valence-electron chi connectivity index (χ1n) is 13.6. The van der Waals surface area contributed by atoms with E-state index in [1.807, 2.05) is 23.1 Å². The number of likely N-dealkylation sites (tertiary alicyclic amines) is 1. The summed E-state index contributed by atoms with van der Waals surface area (Å²) >= 11 is 0. The third-order valence-electron chi connectivity index (χ3n) is 7.37. The Bertz CT molecular complexity index is 1550. The fourth-order valence-corrected chi connectivity index (χ4v) is 5.01. The molecule has 39 heavy (non-hydrogen) atoms. The molecule has 0 spiro atoms. The first-order chi connectivity index (χ1) is 19.2. The second-order valence-electron chi connectivity index (χ2n) is 9.95. The maximum Gasteiger partial charge on any atom is 0.272 e. The van der Waals surface area contributed by atoms with Crippen LogP contribution in [0.2, 0.25) is 0 Å².